The van der Waals surface area contributed by atoms with Crippen molar-refractivity contribution in [2.24, 2.45) is 0 Å². The van der Waals surface area contributed by atoms with Crippen LogP contribution in [0, 0.1) is 24.4 Å². The Labute approximate surface area is 244 Å². The van der Waals surface area contributed by atoms with Gasteiger partial charge < -0.3 is 29.9 Å². The average Bonchev–Trinajstić information content (AvgIpc) is 3.41. The second kappa shape index (κ2) is 11.8. The summed E-state index contributed by atoms with van der Waals surface area (Å²) in [6, 6.07) is 3.95. The van der Waals surface area contributed by atoms with Crippen LogP contribution in [0.5, 0.6) is 0 Å². The standard InChI is InChI=1S/C28H33F3N4O6S/c1-14-5-4-7-32-21(14)25(28(39)6-8-40-27(2,3)13-28)42-26-24(38)22(23(37)19(12-36)41-26)35-11-18(33-34-35)15-9-16(29)20(31)17(30)10-15/h4-5,7,9-11,19,22-26,36-39H,6,8,12-13H2,1-3H3/t19-,22+,23+,24-,25?,26+,28+/m1/s1. The third kappa shape index (κ3) is 5.94. The van der Waals surface area contributed by atoms with Gasteiger partial charge in [-0.1, -0.05) is 11.3 Å². The highest BCUT2D eigenvalue weighted by Gasteiger charge is 2.52. The molecular weight excluding hydrogens is 577 g/mol. The molecule has 2 aromatic heterocycles. The lowest BCUT2D eigenvalue weighted by molar-refractivity contribution is -0.179. The molecule has 10 nitrogen and oxygen atoms in total. The number of hydrogen-bond acceptors (Lipinski definition) is 10. The number of hydrogen-bond donors (Lipinski definition) is 4. The third-order valence-electron chi connectivity index (χ3n) is 7.76. The molecule has 0 radical (unpaired) electrons. The number of benzene rings is 1. The zero-order valence-electron chi connectivity index (χ0n) is 23.2. The molecule has 2 fully saturated rings. The number of pyridine rings is 1. The predicted octanol–water partition coefficient (Wildman–Crippen LogP) is 2.84. The van der Waals surface area contributed by atoms with E-state index in [0.717, 1.165) is 34.1 Å². The van der Waals surface area contributed by atoms with Crippen LogP contribution in [0.2, 0.25) is 0 Å². The van der Waals surface area contributed by atoms with Crippen LogP contribution in [0.3, 0.4) is 0 Å². The summed E-state index contributed by atoms with van der Waals surface area (Å²) in [6.45, 7) is 5.32. The lowest BCUT2D eigenvalue weighted by atomic mass is 9.80. The molecule has 4 N–H and O–H groups in total. The minimum absolute atomic E-state index is 0.0378. The van der Waals surface area contributed by atoms with E-state index in [1.165, 1.54) is 6.20 Å². The molecule has 0 spiro atoms. The van der Waals surface area contributed by atoms with Gasteiger partial charge in [0.25, 0.3) is 0 Å². The zero-order valence-corrected chi connectivity index (χ0v) is 24.0. The fourth-order valence-corrected chi connectivity index (χ4v) is 7.33. The van der Waals surface area contributed by atoms with Crippen LogP contribution in [-0.4, -0.2) is 88.6 Å². The molecule has 7 atom stereocenters. The number of aliphatic hydroxyl groups excluding tert-OH is 3. The van der Waals surface area contributed by atoms with Crippen molar-refractivity contribution in [3.05, 3.63) is 65.4 Å². The summed E-state index contributed by atoms with van der Waals surface area (Å²) in [5.74, 6) is -4.44. The Morgan fingerprint density at radius 3 is 2.52 bits per heavy atom. The summed E-state index contributed by atoms with van der Waals surface area (Å²) < 4.78 is 54.1. The molecule has 0 saturated carbocycles. The second-order valence-electron chi connectivity index (χ2n) is 11.4. The van der Waals surface area contributed by atoms with Gasteiger partial charge in [0.05, 0.1) is 41.6 Å². The first-order valence-electron chi connectivity index (χ1n) is 13.5. The molecular formula is C28H33F3N4O6S. The quantitative estimate of drug-likeness (QED) is 0.295. The first-order valence-corrected chi connectivity index (χ1v) is 14.4. The van der Waals surface area contributed by atoms with Crippen molar-refractivity contribution >= 4 is 11.8 Å². The Hall–Kier alpha value is -2.59. The Morgan fingerprint density at radius 1 is 1.17 bits per heavy atom. The van der Waals surface area contributed by atoms with Gasteiger partial charge in [-0.2, -0.15) is 0 Å². The molecule has 0 bridgehead atoms. The zero-order chi connectivity index (χ0) is 30.4. The normalized spacial score (nSPS) is 30.3. The van der Waals surface area contributed by atoms with E-state index in [0.29, 0.717) is 18.7 Å². The van der Waals surface area contributed by atoms with Gasteiger partial charge in [-0.25, -0.2) is 17.9 Å². The number of ether oxygens (including phenoxy) is 2. The van der Waals surface area contributed by atoms with Crippen molar-refractivity contribution in [2.45, 2.75) is 79.9 Å². The molecule has 42 heavy (non-hydrogen) atoms. The maximum absolute atomic E-state index is 13.9. The van der Waals surface area contributed by atoms with Crippen LogP contribution in [0.1, 0.15) is 49.2 Å². The number of thioether (sulfide) groups is 1. The number of halogens is 3. The van der Waals surface area contributed by atoms with Crippen LogP contribution < -0.4 is 0 Å². The Balaban J connectivity index is 1.49. The van der Waals surface area contributed by atoms with Gasteiger partial charge in [0.1, 0.15) is 35.5 Å². The summed E-state index contributed by atoms with van der Waals surface area (Å²) in [5.41, 5.74) is -1.78. The minimum atomic E-state index is -1.63. The van der Waals surface area contributed by atoms with Gasteiger partial charge in [0, 0.05) is 24.6 Å². The van der Waals surface area contributed by atoms with E-state index < -0.39 is 70.3 Å². The molecule has 1 unspecified atom stereocenters. The fourth-order valence-electron chi connectivity index (χ4n) is 5.71. The fraction of sp³-hybridized carbons (Fsp3) is 0.536. The van der Waals surface area contributed by atoms with Gasteiger partial charge in [-0.3, -0.25) is 4.98 Å². The Bertz CT molecular complexity index is 1410. The molecule has 228 valence electrons. The maximum Gasteiger partial charge on any atom is 0.194 e. The van der Waals surface area contributed by atoms with E-state index in [1.807, 2.05) is 26.8 Å². The van der Waals surface area contributed by atoms with Gasteiger partial charge in [-0.15, -0.1) is 16.9 Å². The summed E-state index contributed by atoms with van der Waals surface area (Å²) in [7, 11) is 0. The Kier molecular flexibility index (Phi) is 8.69. The average molecular weight is 611 g/mol. The molecule has 4 heterocycles. The third-order valence-corrected chi connectivity index (χ3v) is 9.35. The largest absolute Gasteiger partial charge is 0.394 e. The summed E-state index contributed by atoms with van der Waals surface area (Å²) in [5, 5.41) is 51.8. The molecule has 3 aromatic rings. The van der Waals surface area contributed by atoms with Crippen molar-refractivity contribution in [3.8, 4) is 11.3 Å². The lowest BCUT2D eigenvalue weighted by Gasteiger charge is -2.48. The Morgan fingerprint density at radius 2 is 1.88 bits per heavy atom. The number of aryl methyl sites for hydroxylation is 1. The maximum atomic E-state index is 13.9. The molecule has 5 rings (SSSR count). The summed E-state index contributed by atoms with van der Waals surface area (Å²) in [6.07, 6.45) is -0.647. The van der Waals surface area contributed by atoms with E-state index in [4.69, 9.17) is 9.47 Å². The molecule has 2 aliphatic heterocycles. The molecule has 2 saturated heterocycles. The highest BCUT2D eigenvalue weighted by molar-refractivity contribution is 8.00. The van der Waals surface area contributed by atoms with Crippen molar-refractivity contribution in [1.29, 1.82) is 0 Å². The molecule has 0 amide bonds. The highest BCUT2D eigenvalue weighted by Crippen LogP contribution is 2.51. The topological polar surface area (TPSA) is 143 Å². The van der Waals surface area contributed by atoms with E-state index >= 15 is 0 Å². The van der Waals surface area contributed by atoms with Crippen LogP contribution in [0.15, 0.2) is 36.7 Å². The van der Waals surface area contributed by atoms with Crippen LogP contribution in [-0.2, 0) is 9.47 Å². The first-order chi connectivity index (χ1) is 19.8. The first kappa shape index (κ1) is 30.9. The van der Waals surface area contributed by atoms with E-state index in [1.54, 1.807) is 12.3 Å². The molecule has 14 heteroatoms. The van der Waals surface area contributed by atoms with Crippen molar-refractivity contribution in [2.75, 3.05) is 13.2 Å². The van der Waals surface area contributed by atoms with Gasteiger partial charge >= 0.3 is 0 Å². The van der Waals surface area contributed by atoms with Gasteiger partial charge in [0.15, 0.2) is 17.5 Å². The van der Waals surface area contributed by atoms with Crippen LogP contribution >= 0.6 is 11.8 Å². The SMILES string of the molecule is Cc1cccnc1C(S[C@@H]1O[C@H](CO)[C@H](O)[C@H](n2cc(-c3cc(F)c(F)c(F)c3)nn2)[C@H]1O)[C@]1(O)CCOC(C)(C)C1. The number of aliphatic hydroxyl groups is 4. The van der Waals surface area contributed by atoms with Crippen molar-refractivity contribution in [3.63, 3.8) is 0 Å². The monoisotopic (exact) mass is 610 g/mol. The predicted molar refractivity (Wildman–Crippen MR) is 146 cm³/mol. The van der Waals surface area contributed by atoms with Crippen LogP contribution in [0.4, 0.5) is 13.2 Å². The number of aromatic nitrogens is 4. The molecule has 0 aliphatic carbocycles. The van der Waals surface area contributed by atoms with E-state index in [-0.39, 0.29) is 17.7 Å². The summed E-state index contributed by atoms with van der Waals surface area (Å²) in [4.78, 5) is 4.55. The van der Waals surface area contributed by atoms with Crippen molar-refractivity contribution < 1.29 is 43.1 Å². The second-order valence-corrected chi connectivity index (χ2v) is 12.6. The smallest absolute Gasteiger partial charge is 0.194 e. The number of nitrogens with zero attached hydrogens (tertiary/aromatic N) is 4. The number of rotatable bonds is 7. The summed E-state index contributed by atoms with van der Waals surface area (Å²) >= 11 is 1.11. The van der Waals surface area contributed by atoms with Gasteiger partial charge in [0.2, 0.25) is 0 Å². The highest BCUT2D eigenvalue weighted by atomic mass is 32.2. The van der Waals surface area contributed by atoms with Gasteiger partial charge in [-0.05, 0) is 44.5 Å². The van der Waals surface area contributed by atoms with Crippen LogP contribution in [0.25, 0.3) is 11.3 Å². The molecule has 1 aromatic carbocycles. The van der Waals surface area contributed by atoms with Crippen molar-refractivity contribution in [1.82, 2.24) is 20.0 Å². The minimum Gasteiger partial charge on any atom is -0.394 e. The molecule has 2 aliphatic rings. The lowest BCUT2D eigenvalue weighted by Crippen LogP contribution is -2.56. The van der Waals surface area contributed by atoms with E-state index in [9.17, 15) is 33.6 Å². The van der Waals surface area contributed by atoms with E-state index in [2.05, 4.69) is 15.3 Å².